The molecule has 0 aliphatic rings. The molecule has 1 rings (SSSR count). The van der Waals surface area contributed by atoms with E-state index in [0.717, 1.165) is 6.42 Å². The minimum atomic E-state index is -0.643. The second-order valence-electron chi connectivity index (χ2n) is 3.54. The Bertz CT molecular complexity index is 438. The van der Waals surface area contributed by atoms with Crippen molar-refractivity contribution >= 4 is 17.7 Å². The molecule has 0 saturated carbocycles. The molecule has 18 heavy (non-hydrogen) atoms. The maximum Gasteiger partial charge on any atom is 0.338 e. The van der Waals surface area contributed by atoms with E-state index < -0.39 is 12.0 Å². The van der Waals surface area contributed by atoms with Gasteiger partial charge in [0.05, 0.1) is 5.56 Å². The SMILES string of the molecule is CC/C=C/COC(=O)c1ccc(NC(N)=O)cc1. The molecule has 1 aromatic carbocycles. The molecule has 0 heterocycles. The standard InChI is InChI=1S/C13H16N2O3/c1-2-3-4-9-18-12(16)10-5-7-11(8-6-10)15-13(14)17/h3-8H,2,9H2,1H3,(H3,14,15,17)/b4-3+. The first-order valence-electron chi connectivity index (χ1n) is 5.62. The Morgan fingerprint density at radius 3 is 2.50 bits per heavy atom. The molecule has 5 nitrogen and oxygen atoms in total. The Balaban J connectivity index is 2.53. The molecule has 0 aromatic heterocycles. The number of carbonyl (C=O) groups is 2. The summed E-state index contributed by atoms with van der Waals surface area (Å²) in [5, 5.41) is 2.41. The van der Waals surface area contributed by atoms with Crippen LogP contribution in [0.5, 0.6) is 0 Å². The number of nitrogens with one attached hydrogen (secondary N) is 1. The van der Waals surface area contributed by atoms with Gasteiger partial charge in [0, 0.05) is 5.69 Å². The van der Waals surface area contributed by atoms with E-state index in [0.29, 0.717) is 11.3 Å². The van der Waals surface area contributed by atoms with Crippen LogP contribution in [-0.2, 0) is 4.74 Å². The first kappa shape index (κ1) is 13.8. The van der Waals surface area contributed by atoms with Gasteiger partial charge < -0.3 is 15.8 Å². The summed E-state index contributed by atoms with van der Waals surface area (Å²) in [6, 6.07) is 5.66. The van der Waals surface area contributed by atoms with Crippen molar-refractivity contribution in [1.82, 2.24) is 0 Å². The molecule has 0 spiro atoms. The predicted molar refractivity (Wildman–Crippen MR) is 69.4 cm³/mol. The van der Waals surface area contributed by atoms with Crippen LogP contribution in [0, 0.1) is 0 Å². The summed E-state index contributed by atoms with van der Waals surface area (Å²) in [4.78, 5) is 22.2. The maximum atomic E-state index is 11.6. The highest BCUT2D eigenvalue weighted by atomic mass is 16.5. The number of amides is 2. The highest BCUT2D eigenvalue weighted by Crippen LogP contribution is 2.10. The van der Waals surface area contributed by atoms with E-state index in [1.807, 2.05) is 13.0 Å². The number of carbonyl (C=O) groups excluding carboxylic acids is 2. The van der Waals surface area contributed by atoms with Crippen LogP contribution >= 0.6 is 0 Å². The van der Waals surface area contributed by atoms with Crippen LogP contribution in [0.3, 0.4) is 0 Å². The lowest BCUT2D eigenvalue weighted by atomic mass is 10.2. The largest absolute Gasteiger partial charge is 0.458 e. The van der Waals surface area contributed by atoms with E-state index in [-0.39, 0.29) is 6.61 Å². The Labute approximate surface area is 106 Å². The van der Waals surface area contributed by atoms with Gasteiger partial charge in [0.15, 0.2) is 0 Å². The van der Waals surface area contributed by atoms with Crippen LogP contribution in [-0.4, -0.2) is 18.6 Å². The lowest BCUT2D eigenvalue weighted by molar-refractivity contribution is 0.0549. The van der Waals surface area contributed by atoms with Crippen molar-refractivity contribution in [3.8, 4) is 0 Å². The van der Waals surface area contributed by atoms with E-state index in [1.54, 1.807) is 30.3 Å². The quantitative estimate of drug-likeness (QED) is 0.619. The molecule has 96 valence electrons. The van der Waals surface area contributed by atoms with E-state index >= 15 is 0 Å². The number of rotatable bonds is 5. The number of anilines is 1. The summed E-state index contributed by atoms with van der Waals surface area (Å²) in [5.74, 6) is -0.402. The van der Waals surface area contributed by atoms with Gasteiger partial charge in [-0.05, 0) is 30.7 Å². The smallest absolute Gasteiger partial charge is 0.338 e. The fourth-order valence-corrected chi connectivity index (χ4v) is 1.27. The third-order valence-corrected chi connectivity index (χ3v) is 2.10. The molecule has 0 unspecified atom stereocenters. The Hall–Kier alpha value is -2.30. The Morgan fingerprint density at radius 2 is 1.94 bits per heavy atom. The van der Waals surface area contributed by atoms with Gasteiger partial charge in [0.1, 0.15) is 6.61 Å². The van der Waals surface area contributed by atoms with Crippen LogP contribution in [0.25, 0.3) is 0 Å². The number of primary amides is 1. The molecule has 0 aliphatic carbocycles. The van der Waals surface area contributed by atoms with Crippen molar-refractivity contribution in [3.63, 3.8) is 0 Å². The zero-order valence-corrected chi connectivity index (χ0v) is 10.2. The Morgan fingerprint density at radius 1 is 1.28 bits per heavy atom. The van der Waals surface area contributed by atoms with Crippen LogP contribution in [0.15, 0.2) is 36.4 Å². The highest BCUT2D eigenvalue weighted by Gasteiger charge is 2.06. The zero-order chi connectivity index (χ0) is 13.4. The van der Waals surface area contributed by atoms with Crippen molar-refractivity contribution in [3.05, 3.63) is 42.0 Å². The molecule has 1 aromatic rings. The normalized spacial score (nSPS) is 10.3. The fraction of sp³-hybridized carbons (Fsp3) is 0.231. The molecule has 0 radical (unpaired) electrons. The third kappa shape index (κ3) is 4.69. The van der Waals surface area contributed by atoms with Gasteiger partial charge in [-0.3, -0.25) is 0 Å². The van der Waals surface area contributed by atoms with E-state index in [1.165, 1.54) is 0 Å². The molecule has 0 bridgehead atoms. The van der Waals surface area contributed by atoms with Crippen LogP contribution in [0.1, 0.15) is 23.7 Å². The molecule has 3 N–H and O–H groups in total. The van der Waals surface area contributed by atoms with Gasteiger partial charge in [0.25, 0.3) is 0 Å². The summed E-state index contributed by atoms with van der Waals surface area (Å²) in [7, 11) is 0. The van der Waals surface area contributed by atoms with Gasteiger partial charge in [-0.15, -0.1) is 0 Å². The number of hydrogen-bond donors (Lipinski definition) is 2. The van der Waals surface area contributed by atoms with E-state index in [9.17, 15) is 9.59 Å². The lowest BCUT2D eigenvalue weighted by Crippen LogP contribution is -2.19. The molecule has 5 heteroatoms. The van der Waals surface area contributed by atoms with Crippen molar-refractivity contribution in [2.24, 2.45) is 5.73 Å². The number of ether oxygens (including phenoxy) is 1. The van der Waals surface area contributed by atoms with Crippen LogP contribution in [0.2, 0.25) is 0 Å². The van der Waals surface area contributed by atoms with Crippen molar-refractivity contribution < 1.29 is 14.3 Å². The lowest BCUT2D eigenvalue weighted by Gasteiger charge is -2.04. The topological polar surface area (TPSA) is 81.4 Å². The first-order chi connectivity index (χ1) is 8.63. The summed E-state index contributed by atoms with van der Waals surface area (Å²) in [6.07, 6.45) is 4.62. The van der Waals surface area contributed by atoms with Crippen molar-refractivity contribution in [2.45, 2.75) is 13.3 Å². The van der Waals surface area contributed by atoms with Gasteiger partial charge in [-0.2, -0.15) is 0 Å². The second kappa shape index (κ2) is 7.11. The number of esters is 1. The molecule has 0 atom stereocenters. The summed E-state index contributed by atoms with van der Waals surface area (Å²) in [5.41, 5.74) is 5.93. The summed E-state index contributed by atoms with van der Waals surface area (Å²) < 4.78 is 5.01. The highest BCUT2D eigenvalue weighted by molar-refractivity contribution is 5.91. The molecular formula is C13H16N2O3. The molecule has 0 aliphatic heterocycles. The minimum Gasteiger partial charge on any atom is -0.458 e. The fourth-order valence-electron chi connectivity index (χ4n) is 1.27. The van der Waals surface area contributed by atoms with E-state index in [4.69, 9.17) is 10.5 Å². The average molecular weight is 248 g/mol. The average Bonchev–Trinajstić information content (AvgIpc) is 2.34. The number of allylic oxidation sites excluding steroid dienone is 1. The molecule has 0 fully saturated rings. The monoisotopic (exact) mass is 248 g/mol. The van der Waals surface area contributed by atoms with Gasteiger partial charge in [-0.25, -0.2) is 9.59 Å². The number of urea groups is 1. The van der Waals surface area contributed by atoms with Gasteiger partial charge >= 0.3 is 12.0 Å². The third-order valence-electron chi connectivity index (χ3n) is 2.10. The van der Waals surface area contributed by atoms with E-state index in [2.05, 4.69) is 5.32 Å². The maximum absolute atomic E-state index is 11.6. The molecule has 0 saturated heterocycles. The number of hydrogen-bond acceptors (Lipinski definition) is 3. The van der Waals surface area contributed by atoms with Crippen LogP contribution in [0.4, 0.5) is 10.5 Å². The molecular weight excluding hydrogens is 232 g/mol. The molecule has 2 amide bonds. The summed E-state index contributed by atoms with van der Waals surface area (Å²) >= 11 is 0. The number of nitrogens with two attached hydrogens (primary N) is 1. The Kier molecular flexibility index (Phi) is 5.44. The van der Waals surface area contributed by atoms with Crippen LogP contribution < -0.4 is 11.1 Å². The van der Waals surface area contributed by atoms with Gasteiger partial charge in [0.2, 0.25) is 0 Å². The zero-order valence-electron chi connectivity index (χ0n) is 10.2. The van der Waals surface area contributed by atoms with Crippen molar-refractivity contribution in [2.75, 3.05) is 11.9 Å². The predicted octanol–water partition coefficient (Wildman–Crippen LogP) is 2.30. The number of benzene rings is 1. The first-order valence-corrected chi connectivity index (χ1v) is 5.62. The van der Waals surface area contributed by atoms with Gasteiger partial charge in [-0.1, -0.05) is 19.1 Å². The van der Waals surface area contributed by atoms with Crippen molar-refractivity contribution in [1.29, 1.82) is 0 Å². The minimum absolute atomic E-state index is 0.258. The summed E-state index contributed by atoms with van der Waals surface area (Å²) in [6.45, 7) is 2.26. The second-order valence-corrected chi connectivity index (χ2v) is 3.54.